The average Bonchev–Trinajstić information content (AvgIpc) is 2.86. The van der Waals surface area contributed by atoms with E-state index in [2.05, 4.69) is 15.1 Å². The summed E-state index contributed by atoms with van der Waals surface area (Å²) in [6.07, 6.45) is -1.17. The van der Waals surface area contributed by atoms with Crippen LogP contribution in [0.15, 0.2) is 6.20 Å². The number of nitrogen functional groups attached to an aromatic ring is 1. The maximum absolute atomic E-state index is 13.2. The van der Waals surface area contributed by atoms with Crippen LogP contribution in [-0.2, 0) is 19.0 Å². The van der Waals surface area contributed by atoms with Gasteiger partial charge in [-0.3, -0.25) is 0 Å². The molecule has 0 aliphatic heterocycles. The molecule has 0 unspecified atom stereocenters. The zero-order valence-corrected chi connectivity index (χ0v) is 11.4. The summed E-state index contributed by atoms with van der Waals surface area (Å²) in [5.41, 5.74) is 5.34. The molecule has 0 bridgehead atoms. The zero-order valence-electron chi connectivity index (χ0n) is 11.4. The average molecular weight is 308 g/mol. The van der Waals surface area contributed by atoms with Gasteiger partial charge in [0.1, 0.15) is 17.5 Å². The Bertz CT molecular complexity index is 771. The van der Waals surface area contributed by atoms with Crippen LogP contribution in [0.4, 0.5) is 19.0 Å². The van der Waals surface area contributed by atoms with Crippen molar-refractivity contribution in [3.05, 3.63) is 28.7 Å². The van der Waals surface area contributed by atoms with Gasteiger partial charge in [0, 0.05) is 11.3 Å². The third-order valence-electron chi connectivity index (χ3n) is 3.56. The summed E-state index contributed by atoms with van der Waals surface area (Å²) >= 11 is 0. The highest BCUT2D eigenvalue weighted by molar-refractivity contribution is 5.50. The van der Waals surface area contributed by atoms with Crippen molar-refractivity contribution in [2.24, 2.45) is 0 Å². The number of rotatable bonds is 1. The maximum Gasteiger partial charge on any atom is 0.433 e. The van der Waals surface area contributed by atoms with Gasteiger partial charge in [-0.2, -0.15) is 28.2 Å². The van der Waals surface area contributed by atoms with E-state index >= 15 is 0 Å². The largest absolute Gasteiger partial charge is 0.433 e. The third-order valence-corrected chi connectivity index (χ3v) is 3.56. The maximum atomic E-state index is 13.2. The summed E-state index contributed by atoms with van der Waals surface area (Å²) < 4.78 is 40.7. The van der Waals surface area contributed by atoms with Crippen molar-refractivity contribution in [1.29, 1.82) is 5.26 Å². The molecule has 0 amide bonds. The van der Waals surface area contributed by atoms with E-state index in [-0.39, 0.29) is 22.9 Å². The standard InChI is InChI=1S/C13H11F3N6/c14-13(15,16)10-8-3-1-2-4-9(8)20-12(21-10)22-11(18)7(5-17)6-19-22/h6H,1-4,18H2. The van der Waals surface area contributed by atoms with Gasteiger partial charge in [0.25, 0.3) is 5.95 Å². The van der Waals surface area contributed by atoms with Crippen LogP contribution in [0.25, 0.3) is 5.95 Å². The van der Waals surface area contributed by atoms with Crippen LogP contribution in [0.5, 0.6) is 0 Å². The van der Waals surface area contributed by atoms with Crippen molar-refractivity contribution in [2.45, 2.75) is 31.9 Å². The molecule has 6 nitrogen and oxygen atoms in total. The fourth-order valence-corrected chi connectivity index (χ4v) is 2.51. The predicted molar refractivity (Wildman–Crippen MR) is 69.9 cm³/mol. The molecule has 1 aliphatic carbocycles. The van der Waals surface area contributed by atoms with Gasteiger partial charge in [-0.05, 0) is 25.7 Å². The number of aryl methyl sites for hydroxylation is 1. The number of nitriles is 1. The van der Waals surface area contributed by atoms with Crippen LogP contribution < -0.4 is 5.73 Å². The monoisotopic (exact) mass is 308 g/mol. The van der Waals surface area contributed by atoms with E-state index in [1.54, 1.807) is 6.07 Å². The minimum absolute atomic E-state index is 0.0647. The molecule has 2 aromatic heterocycles. The van der Waals surface area contributed by atoms with Gasteiger partial charge >= 0.3 is 6.18 Å². The minimum atomic E-state index is -4.57. The van der Waals surface area contributed by atoms with E-state index in [0.717, 1.165) is 11.1 Å². The molecule has 114 valence electrons. The van der Waals surface area contributed by atoms with E-state index in [1.165, 1.54) is 6.20 Å². The molecule has 3 rings (SSSR count). The Morgan fingerprint density at radius 3 is 2.59 bits per heavy atom. The van der Waals surface area contributed by atoms with Gasteiger partial charge in [-0.25, -0.2) is 9.97 Å². The number of hydrogen-bond donors (Lipinski definition) is 1. The lowest BCUT2D eigenvalue weighted by Crippen LogP contribution is -2.21. The summed E-state index contributed by atoms with van der Waals surface area (Å²) in [7, 11) is 0. The summed E-state index contributed by atoms with van der Waals surface area (Å²) in [6.45, 7) is 0. The highest BCUT2D eigenvalue weighted by Gasteiger charge is 2.38. The molecule has 2 aromatic rings. The molecule has 2 heterocycles. The number of alkyl halides is 3. The van der Waals surface area contributed by atoms with Crippen LogP contribution in [0.2, 0.25) is 0 Å². The first-order valence-electron chi connectivity index (χ1n) is 6.62. The first kappa shape index (κ1) is 14.3. The van der Waals surface area contributed by atoms with Gasteiger partial charge < -0.3 is 5.73 Å². The van der Waals surface area contributed by atoms with E-state index in [9.17, 15) is 13.2 Å². The summed E-state index contributed by atoms with van der Waals surface area (Å²) in [6, 6.07) is 1.81. The van der Waals surface area contributed by atoms with Crippen molar-refractivity contribution >= 4 is 5.82 Å². The van der Waals surface area contributed by atoms with E-state index in [4.69, 9.17) is 11.0 Å². The molecule has 1 aliphatic rings. The molecule has 0 saturated carbocycles. The number of halogens is 3. The van der Waals surface area contributed by atoms with E-state index < -0.39 is 11.9 Å². The molecule has 22 heavy (non-hydrogen) atoms. The topological polar surface area (TPSA) is 93.4 Å². The fraction of sp³-hybridized carbons (Fsp3) is 0.385. The minimum Gasteiger partial charge on any atom is -0.382 e. The molecule has 0 spiro atoms. The Morgan fingerprint density at radius 2 is 1.95 bits per heavy atom. The number of anilines is 1. The molecule has 0 radical (unpaired) electrons. The van der Waals surface area contributed by atoms with Crippen molar-refractivity contribution in [3.63, 3.8) is 0 Å². The van der Waals surface area contributed by atoms with Crippen molar-refractivity contribution in [1.82, 2.24) is 19.7 Å². The van der Waals surface area contributed by atoms with Crippen LogP contribution in [-0.4, -0.2) is 19.7 Å². The van der Waals surface area contributed by atoms with Gasteiger partial charge in [0.15, 0.2) is 5.69 Å². The highest BCUT2D eigenvalue weighted by Crippen LogP contribution is 2.35. The first-order valence-corrected chi connectivity index (χ1v) is 6.62. The zero-order chi connectivity index (χ0) is 15.9. The second kappa shape index (κ2) is 4.98. The number of nitrogens with zero attached hydrogens (tertiary/aromatic N) is 5. The number of nitrogens with two attached hydrogens (primary N) is 1. The molecule has 9 heteroatoms. The number of aromatic nitrogens is 4. The van der Waals surface area contributed by atoms with E-state index in [1.807, 2.05) is 0 Å². The lowest BCUT2D eigenvalue weighted by Gasteiger charge is -2.20. The lowest BCUT2D eigenvalue weighted by molar-refractivity contribution is -0.142. The van der Waals surface area contributed by atoms with Crippen molar-refractivity contribution < 1.29 is 13.2 Å². The van der Waals surface area contributed by atoms with Crippen LogP contribution in [0.3, 0.4) is 0 Å². The van der Waals surface area contributed by atoms with Gasteiger partial charge in [0.2, 0.25) is 0 Å². The van der Waals surface area contributed by atoms with Crippen LogP contribution in [0.1, 0.15) is 35.4 Å². The lowest BCUT2D eigenvalue weighted by atomic mass is 9.94. The summed E-state index contributed by atoms with van der Waals surface area (Å²) in [5.74, 6) is -0.335. The normalized spacial score (nSPS) is 14.5. The first-order chi connectivity index (χ1) is 10.4. The van der Waals surface area contributed by atoms with Crippen molar-refractivity contribution in [2.75, 3.05) is 5.73 Å². The Morgan fingerprint density at radius 1 is 1.23 bits per heavy atom. The molecule has 0 atom stereocenters. The Kier molecular flexibility index (Phi) is 3.24. The number of fused-ring (bicyclic) bond motifs is 1. The predicted octanol–water partition coefficient (Wildman–Crippen LogP) is 2.01. The number of hydrogen-bond acceptors (Lipinski definition) is 5. The molecule has 0 saturated heterocycles. The summed E-state index contributed by atoms with van der Waals surface area (Å²) in [4.78, 5) is 7.78. The van der Waals surface area contributed by atoms with Gasteiger partial charge in [-0.15, -0.1) is 0 Å². The SMILES string of the molecule is N#Cc1cnn(-c2nc3c(c(C(F)(F)F)n2)CCCC3)c1N. The highest BCUT2D eigenvalue weighted by atomic mass is 19.4. The summed E-state index contributed by atoms with van der Waals surface area (Å²) in [5, 5.41) is 12.7. The van der Waals surface area contributed by atoms with E-state index in [0.29, 0.717) is 25.0 Å². The van der Waals surface area contributed by atoms with Gasteiger partial charge in [0.05, 0.1) is 6.20 Å². The van der Waals surface area contributed by atoms with Crippen LogP contribution >= 0.6 is 0 Å². The molecular weight excluding hydrogens is 297 g/mol. The Hall–Kier alpha value is -2.63. The smallest absolute Gasteiger partial charge is 0.382 e. The Labute approximate surface area is 123 Å². The second-order valence-corrected chi connectivity index (χ2v) is 4.97. The second-order valence-electron chi connectivity index (χ2n) is 4.97. The fourth-order valence-electron chi connectivity index (χ4n) is 2.51. The van der Waals surface area contributed by atoms with Gasteiger partial charge in [-0.1, -0.05) is 0 Å². The third kappa shape index (κ3) is 2.26. The Balaban J connectivity index is 2.21. The molecule has 0 aromatic carbocycles. The van der Waals surface area contributed by atoms with Crippen LogP contribution in [0, 0.1) is 11.3 Å². The molecule has 2 N–H and O–H groups in total. The molecule has 0 fully saturated rings. The molecular formula is C13H11F3N6. The van der Waals surface area contributed by atoms with Crippen molar-refractivity contribution in [3.8, 4) is 12.0 Å². The quantitative estimate of drug-likeness (QED) is 0.869.